The normalized spacial score (nSPS) is 12.4. The topological polar surface area (TPSA) is 31.4 Å². The predicted molar refractivity (Wildman–Crippen MR) is 47.2 cm³/mol. The number of alkyl halides is 6. The first-order valence-corrected chi connectivity index (χ1v) is 4.43. The second-order valence-electron chi connectivity index (χ2n) is 3.17. The summed E-state index contributed by atoms with van der Waals surface area (Å²) in [6.07, 6.45) is -9.96. The SMILES string of the molecule is COc1nc(C)c(C(F)(F)F)cc1OC(F)(F)F. The second-order valence-corrected chi connectivity index (χ2v) is 3.17. The Hall–Kier alpha value is -1.67. The van der Waals surface area contributed by atoms with Gasteiger partial charge in [-0.15, -0.1) is 13.2 Å². The van der Waals surface area contributed by atoms with Gasteiger partial charge in [-0.1, -0.05) is 0 Å². The molecular weight excluding hydrogens is 268 g/mol. The number of rotatable bonds is 2. The van der Waals surface area contributed by atoms with Crippen molar-refractivity contribution in [3.63, 3.8) is 0 Å². The molecule has 0 radical (unpaired) electrons. The number of nitrogens with zero attached hydrogens (tertiary/aromatic N) is 1. The standard InChI is InChI=1S/C9H7F6NO2/c1-4-5(8(10,11)12)3-6(7(16-4)17-2)18-9(13,14)15/h3H,1-2H3. The highest BCUT2D eigenvalue weighted by molar-refractivity contribution is 5.40. The summed E-state index contributed by atoms with van der Waals surface area (Å²) in [6, 6.07) is 0.203. The van der Waals surface area contributed by atoms with Crippen LogP contribution in [0.1, 0.15) is 11.3 Å². The molecule has 0 aliphatic carbocycles. The Kier molecular flexibility index (Phi) is 3.63. The summed E-state index contributed by atoms with van der Waals surface area (Å²) >= 11 is 0. The third-order valence-corrected chi connectivity index (χ3v) is 1.87. The van der Waals surface area contributed by atoms with Gasteiger partial charge in [-0.05, 0) is 6.92 Å². The van der Waals surface area contributed by atoms with Crippen molar-refractivity contribution in [1.29, 1.82) is 0 Å². The molecule has 18 heavy (non-hydrogen) atoms. The van der Waals surface area contributed by atoms with E-state index in [9.17, 15) is 26.3 Å². The maximum absolute atomic E-state index is 12.5. The quantitative estimate of drug-likeness (QED) is 0.776. The van der Waals surface area contributed by atoms with Gasteiger partial charge in [0.1, 0.15) is 0 Å². The first-order valence-electron chi connectivity index (χ1n) is 4.43. The number of pyridine rings is 1. The van der Waals surface area contributed by atoms with Gasteiger partial charge in [-0.2, -0.15) is 13.2 Å². The van der Waals surface area contributed by atoms with E-state index in [1.807, 2.05) is 0 Å². The van der Waals surface area contributed by atoms with Gasteiger partial charge in [0.2, 0.25) is 0 Å². The van der Waals surface area contributed by atoms with Crippen LogP contribution in [0.3, 0.4) is 0 Å². The van der Waals surface area contributed by atoms with E-state index in [0.29, 0.717) is 0 Å². The Labute approximate surface area is 97.3 Å². The molecule has 102 valence electrons. The molecule has 0 atom stereocenters. The Balaban J connectivity index is 3.31. The third kappa shape index (κ3) is 3.41. The van der Waals surface area contributed by atoms with Crippen LogP contribution in [0.5, 0.6) is 11.6 Å². The van der Waals surface area contributed by atoms with Gasteiger partial charge in [0, 0.05) is 6.07 Å². The van der Waals surface area contributed by atoms with Gasteiger partial charge < -0.3 is 9.47 Å². The second kappa shape index (κ2) is 4.54. The molecule has 0 saturated carbocycles. The Morgan fingerprint density at radius 1 is 1.11 bits per heavy atom. The molecular formula is C9H7F6NO2. The summed E-state index contributed by atoms with van der Waals surface area (Å²) in [5, 5.41) is 0. The molecule has 0 aromatic carbocycles. The van der Waals surface area contributed by atoms with Crippen LogP contribution in [-0.2, 0) is 6.18 Å². The van der Waals surface area contributed by atoms with E-state index in [4.69, 9.17) is 0 Å². The third-order valence-electron chi connectivity index (χ3n) is 1.87. The number of hydrogen-bond donors (Lipinski definition) is 0. The lowest BCUT2D eigenvalue weighted by molar-refractivity contribution is -0.275. The van der Waals surface area contributed by atoms with E-state index in [1.54, 1.807) is 0 Å². The van der Waals surface area contributed by atoms with Crippen molar-refractivity contribution in [3.05, 3.63) is 17.3 Å². The maximum Gasteiger partial charge on any atom is 0.573 e. The van der Waals surface area contributed by atoms with Crippen molar-refractivity contribution in [1.82, 2.24) is 4.98 Å². The zero-order valence-electron chi connectivity index (χ0n) is 9.11. The lowest BCUT2D eigenvalue weighted by Crippen LogP contribution is -2.19. The summed E-state index contributed by atoms with van der Waals surface area (Å²) in [4.78, 5) is 3.27. The molecule has 0 saturated heterocycles. The fourth-order valence-electron chi connectivity index (χ4n) is 1.20. The van der Waals surface area contributed by atoms with Crippen LogP contribution < -0.4 is 9.47 Å². The zero-order valence-corrected chi connectivity index (χ0v) is 9.11. The molecule has 0 spiro atoms. The molecule has 1 heterocycles. The molecule has 0 bridgehead atoms. The van der Waals surface area contributed by atoms with Crippen molar-refractivity contribution < 1.29 is 35.8 Å². The Morgan fingerprint density at radius 3 is 2.06 bits per heavy atom. The van der Waals surface area contributed by atoms with Gasteiger partial charge in [-0.3, -0.25) is 0 Å². The van der Waals surface area contributed by atoms with Crippen LogP contribution >= 0.6 is 0 Å². The number of methoxy groups -OCH3 is 1. The molecule has 9 heteroatoms. The minimum Gasteiger partial charge on any atom is -0.478 e. The molecule has 1 aromatic rings. The van der Waals surface area contributed by atoms with Gasteiger partial charge in [0.15, 0.2) is 5.75 Å². The highest BCUT2D eigenvalue weighted by atomic mass is 19.4. The molecule has 0 fully saturated rings. The summed E-state index contributed by atoms with van der Waals surface area (Å²) < 4.78 is 81.3. The van der Waals surface area contributed by atoms with E-state index in [2.05, 4.69) is 14.5 Å². The van der Waals surface area contributed by atoms with Gasteiger partial charge in [-0.25, -0.2) is 4.98 Å². The summed E-state index contributed by atoms with van der Waals surface area (Å²) in [6.45, 7) is 1.00. The fourth-order valence-corrected chi connectivity index (χ4v) is 1.20. The highest BCUT2D eigenvalue weighted by Crippen LogP contribution is 2.38. The number of ether oxygens (including phenoxy) is 2. The minimum atomic E-state index is -5.13. The van der Waals surface area contributed by atoms with E-state index in [-0.39, 0.29) is 6.07 Å². The van der Waals surface area contributed by atoms with Gasteiger partial charge in [0.25, 0.3) is 5.88 Å². The Morgan fingerprint density at radius 2 is 1.67 bits per heavy atom. The van der Waals surface area contributed by atoms with E-state index in [0.717, 1.165) is 14.0 Å². The summed E-state index contributed by atoms with van der Waals surface area (Å²) in [5.74, 6) is -1.80. The molecule has 1 aromatic heterocycles. The summed E-state index contributed by atoms with van der Waals surface area (Å²) in [7, 11) is 0.971. The monoisotopic (exact) mass is 275 g/mol. The average Bonchev–Trinajstić information content (AvgIpc) is 2.16. The van der Waals surface area contributed by atoms with Crippen molar-refractivity contribution in [2.75, 3.05) is 7.11 Å². The molecule has 3 nitrogen and oxygen atoms in total. The van der Waals surface area contributed by atoms with E-state index < -0.39 is 35.4 Å². The van der Waals surface area contributed by atoms with Crippen molar-refractivity contribution in [2.45, 2.75) is 19.5 Å². The number of aryl methyl sites for hydroxylation is 1. The van der Waals surface area contributed by atoms with Crippen LogP contribution in [0, 0.1) is 6.92 Å². The van der Waals surface area contributed by atoms with E-state index in [1.165, 1.54) is 0 Å². The first kappa shape index (κ1) is 14.4. The largest absolute Gasteiger partial charge is 0.573 e. The number of aromatic nitrogens is 1. The fraction of sp³-hybridized carbons (Fsp3) is 0.444. The first-order chi connectivity index (χ1) is 8.04. The average molecular weight is 275 g/mol. The van der Waals surface area contributed by atoms with Crippen LogP contribution in [0.25, 0.3) is 0 Å². The lowest BCUT2D eigenvalue weighted by Gasteiger charge is -2.15. The van der Waals surface area contributed by atoms with Crippen LogP contribution in [0.15, 0.2) is 6.07 Å². The minimum absolute atomic E-state index is 0.203. The van der Waals surface area contributed by atoms with E-state index >= 15 is 0 Å². The van der Waals surface area contributed by atoms with Crippen molar-refractivity contribution >= 4 is 0 Å². The van der Waals surface area contributed by atoms with Crippen LogP contribution in [0.4, 0.5) is 26.3 Å². The van der Waals surface area contributed by atoms with Crippen LogP contribution in [0.2, 0.25) is 0 Å². The number of hydrogen-bond acceptors (Lipinski definition) is 3. The molecule has 0 aliphatic rings. The number of halogens is 6. The van der Waals surface area contributed by atoms with Crippen molar-refractivity contribution in [2.24, 2.45) is 0 Å². The van der Waals surface area contributed by atoms with Crippen molar-refractivity contribution in [3.8, 4) is 11.6 Å². The van der Waals surface area contributed by atoms with Gasteiger partial charge >= 0.3 is 12.5 Å². The molecule has 0 unspecified atom stereocenters. The smallest absolute Gasteiger partial charge is 0.478 e. The molecule has 0 N–H and O–H groups in total. The molecule has 0 aliphatic heterocycles. The molecule has 1 rings (SSSR count). The van der Waals surface area contributed by atoms with Crippen LogP contribution in [-0.4, -0.2) is 18.5 Å². The summed E-state index contributed by atoms with van der Waals surface area (Å²) in [5.41, 5.74) is -1.82. The lowest BCUT2D eigenvalue weighted by atomic mass is 10.2. The zero-order chi connectivity index (χ0) is 14.1. The van der Waals surface area contributed by atoms with Gasteiger partial charge in [0.05, 0.1) is 18.4 Å². The Bertz CT molecular complexity index is 440. The maximum atomic E-state index is 12.5. The molecule has 0 amide bonds. The predicted octanol–water partition coefficient (Wildman–Crippen LogP) is 3.32. The highest BCUT2D eigenvalue weighted by Gasteiger charge is 2.38.